The molecule has 3 aromatic rings. The molecule has 28 heavy (non-hydrogen) atoms. The maximum Gasteiger partial charge on any atom is 0.248 e. The highest BCUT2D eigenvalue weighted by molar-refractivity contribution is 7.09. The minimum absolute atomic E-state index is 0.272. The molecule has 3 N–H and O–H groups in total. The van der Waals surface area contributed by atoms with E-state index in [-0.39, 0.29) is 5.91 Å². The Morgan fingerprint density at radius 2 is 1.86 bits per heavy atom. The van der Waals surface area contributed by atoms with E-state index in [9.17, 15) is 9.59 Å². The lowest BCUT2D eigenvalue weighted by molar-refractivity contribution is -0.111. The van der Waals surface area contributed by atoms with Crippen LogP contribution in [0.4, 0.5) is 5.69 Å². The Morgan fingerprint density at radius 1 is 1.14 bits per heavy atom. The van der Waals surface area contributed by atoms with E-state index in [0.717, 1.165) is 22.0 Å². The van der Waals surface area contributed by atoms with Crippen molar-refractivity contribution in [1.82, 2.24) is 4.98 Å². The number of nitrogens with two attached hydrogens (primary N) is 1. The van der Waals surface area contributed by atoms with Crippen LogP contribution < -0.4 is 15.8 Å². The van der Waals surface area contributed by atoms with Crippen molar-refractivity contribution < 1.29 is 14.3 Å². The summed E-state index contributed by atoms with van der Waals surface area (Å²) in [6.07, 6.45) is 3.15. The zero-order chi connectivity index (χ0) is 19.9. The van der Waals surface area contributed by atoms with Crippen molar-refractivity contribution in [2.75, 3.05) is 5.32 Å². The lowest BCUT2D eigenvalue weighted by atomic mass is 10.2. The number of thiazole rings is 1. The van der Waals surface area contributed by atoms with Crippen LogP contribution in [0.1, 0.15) is 26.6 Å². The Kier molecular flexibility index (Phi) is 6.18. The summed E-state index contributed by atoms with van der Waals surface area (Å²) in [7, 11) is 0. The van der Waals surface area contributed by atoms with Crippen molar-refractivity contribution in [2.45, 2.75) is 13.5 Å². The van der Waals surface area contributed by atoms with Gasteiger partial charge in [-0.15, -0.1) is 11.3 Å². The van der Waals surface area contributed by atoms with Crippen molar-refractivity contribution in [2.24, 2.45) is 5.73 Å². The number of rotatable bonds is 7. The molecular weight excluding hydrogens is 374 g/mol. The van der Waals surface area contributed by atoms with E-state index >= 15 is 0 Å². The van der Waals surface area contributed by atoms with Crippen molar-refractivity contribution in [1.29, 1.82) is 0 Å². The van der Waals surface area contributed by atoms with Gasteiger partial charge in [0.1, 0.15) is 12.4 Å². The third-order valence-corrected chi connectivity index (χ3v) is 4.62. The van der Waals surface area contributed by atoms with Crippen LogP contribution in [-0.4, -0.2) is 16.8 Å². The van der Waals surface area contributed by atoms with Gasteiger partial charge in [0.15, 0.2) is 0 Å². The Labute approximate surface area is 166 Å². The molecule has 2 amide bonds. The number of amides is 2. The third-order valence-electron chi connectivity index (χ3n) is 3.80. The first-order chi connectivity index (χ1) is 13.5. The summed E-state index contributed by atoms with van der Waals surface area (Å²) in [5, 5.41) is 5.72. The first kappa shape index (κ1) is 19.3. The second-order valence-corrected chi connectivity index (χ2v) is 7.04. The van der Waals surface area contributed by atoms with Crippen LogP contribution in [0.15, 0.2) is 60.0 Å². The highest BCUT2D eigenvalue weighted by Crippen LogP contribution is 2.16. The third kappa shape index (κ3) is 5.52. The fourth-order valence-corrected chi connectivity index (χ4v) is 2.98. The largest absolute Gasteiger partial charge is 0.487 e. The summed E-state index contributed by atoms with van der Waals surface area (Å²) in [6.45, 7) is 2.39. The summed E-state index contributed by atoms with van der Waals surface area (Å²) in [4.78, 5) is 27.4. The first-order valence-corrected chi connectivity index (χ1v) is 9.40. The van der Waals surface area contributed by atoms with Crippen molar-refractivity contribution in [3.63, 3.8) is 0 Å². The van der Waals surface area contributed by atoms with Gasteiger partial charge in [0.2, 0.25) is 11.8 Å². The molecule has 3 rings (SSSR count). The molecule has 1 heterocycles. The Morgan fingerprint density at radius 3 is 2.46 bits per heavy atom. The predicted molar refractivity (Wildman–Crippen MR) is 110 cm³/mol. The number of aryl methyl sites for hydroxylation is 1. The van der Waals surface area contributed by atoms with E-state index in [4.69, 9.17) is 10.5 Å². The fraction of sp³-hybridized carbons (Fsp3) is 0.0952. The van der Waals surface area contributed by atoms with Gasteiger partial charge in [-0.3, -0.25) is 9.59 Å². The van der Waals surface area contributed by atoms with Crippen LogP contribution in [-0.2, 0) is 11.4 Å². The molecule has 0 radical (unpaired) electrons. The van der Waals surface area contributed by atoms with E-state index in [1.54, 1.807) is 41.7 Å². The normalized spacial score (nSPS) is 10.8. The second-order valence-electron chi connectivity index (χ2n) is 5.98. The molecule has 0 aliphatic rings. The summed E-state index contributed by atoms with van der Waals surface area (Å²) in [5.74, 6) is -0.0419. The smallest absolute Gasteiger partial charge is 0.248 e. The molecule has 0 atom stereocenters. The molecule has 6 nitrogen and oxygen atoms in total. The maximum atomic E-state index is 12.0. The quantitative estimate of drug-likeness (QED) is 0.597. The van der Waals surface area contributed by atoms with Crippen molar-refractivity contribution in [3.05, 3.63) is 81.8 Å². The van der Waals surface area contributed by atoms with E-state index in [1.165, 1.54) is 6.08 Å². The number of anilines is 1. The van der Waals surface area contributed by atoms with Crippen LogP contribution in [0.2, 0.25) is 0 Å². The van der Waals surface area contributed by atoms with Crippen LogP contribution in [0, 0.1) is 6.92 Å². The van der Waals surface area contributed by atoms with Gasteiger partial charge in [-0.05, 0) is 55.0 Å². The van der Waals surface area contributed by atoms with Crippen molar-refractivity contribution >= 4 is 34.9 Å². The number of ether oxygens (including phenoxy) is 1. The van der Waals surface area contributed by atoms with Gasteiger partial charge in [0.25, 0.3) is 0 Å². The summed E-state index contributed by atoms with van der Waals surface area (Å²) in [5.41, 5.74) is 7.94. The topological polar surface area (TPSA) is 94.3 Å². The van der Waals surface area contributed by atoms with Gasteiger partial charge in [-0.2, -0.15) is 0 Å². The van der Waals surface area contributed by atoms with Gasteiger partial charge >= 0.3 is 0 Å². The van der Waals surface area contributed by atoms with E-state index in [0.29, 0.717) is 17.9 Å². The number of aromatic nitrogens is 1. The molecule has 1 aromatic heterocycles. The molecule has 0 spiro atoms. The van der Waals surface area contributed by atoms with Crippen LogP contribution in [0.5, 0.6) is 5.75 Å². The number of carbonyl (C=O) groups is 2. The number of nitrogens with zero attached hydrogens (tertiary/aromatic N) is 1. The van der Waals surface area contributed by atoms with Gasteiger partial charge in [0, 0.05) is 22.7 Å². The second kappa shape index (κ2) is 8.96. The van der Waals surface area contributed by atoms with Crippen molar-refractivity contribution in [3.8, 4) is 5.75 Å². The number of carbonyl (C=O) groups excluding carboxylic acids is 2. The van der Waals surface area contributed by atoms with Gasteiger partial charge < -0.3 is 15.8 Å². The Balaban J connectivity index is 1.51. The SMILES string of the molecule is Cc1nc(COc2ccc(C=CC(=O)Nc3ccc(C(N)=O)cc3)cc2)cs1. The number of hydrogen-bond donors (Lipinski definition) is 2. The molecule has 0 aliphatic heterocycles. The van der Waals surface area contributed by atoms with Crippen LogP contribution in [0.3, 0.4) is 0 Å². The molecule has 0 aliphatic carbocycles. The van der Waals surface area contributed by atoms with Gasteiger partial charge in [-0.1, -0.05) is 12.1 Å². The minimum Gasteiger partial charge on any atom is -0.487 e. The number of primary amides is 1. The Bertz CT molecular complexity index is 992. The maximum absolute atomic E-state index is 12.0. The van der Waals surface area contributed by atoms with E-state index in [2.05, 4.69) is 10.3 Å². The average Bonchev–Trinajstić information content (AvgIpc) is 3.11. The fourth-order valence-electron chi connectivity index (χ4n) is 2.38. The lowest BCUT2D eigenvalue weighted by Crippen LogP contribution is -2.11. The molecule has 0 unspecified atom stereocenters. The molecule has 0 saturated heterocycles. The summed E-state index contributed by atoms with van der Waals surface area (Å²) in [6, 6.07) is 13.8. The Hall–Kier alpha value is -3.45. The number of nitrogens with one attached hydrogen (secondary N) is 1. The molecule has 7 heteroatoms. The zero-order valence-electron chi connectivity index (χ0n) is 15.2. The monoisotopic (exact) mass is 393 g/mol. The number of benzene rings is 2. The highest BCUT2D eigenvalue weighted by Gasteiger charge is 2.02. The average molecular weight is 393 g/mol. The van der Waals surface area contributed by atoms with Gasteiger partial charge in [-0.25, -0.2) is 4.98 Å². The molecule has 0 fully saturated rings. The van der Waals surface area contributed by atoms with Crippen LogP contribution >= 0.6 is 11.3 Å². The van der Waals surface area contributed by atoms with E-state index in [1.807, 2.05) is 36.6 Å². The predicted octanol–water partition coefficient (Wildman–Crippen LogP) is 3.78. The standard InChI is InChI=1S/C21H19N3O3S/c1-14-23-18(13-28-14)12-27-19-9-2-15(3-10-19)4-11-20(25)24-17-7-5-16(6-8-17)21(22)26/h2-11,13H,12H2,1H3,(H2,22,26)(H,24,25). The molecular formula is C21H19N3O3S. The first-order valence-electron chi connectivity index (χ1n) is 8.52. The summed E-state index contributed by atoms with van der Waals surface area (Å²) < 4.78 is 5.70. The molecule has 2 aromatic carbocycles. The number of hydrogen-bond acceptors (Lipinski definition) is 5. The highest BCUT2D eigenvalue weighted by atomic mass is 32.1. The zero-order valence-corrected chi connectivity index (χ0v) is 16.0. The summed E-state index contributed by atoms with van der Waals surface area (Å²) >= 11 is 1.59. The molecule has 142 valence electrons. The molecule has 0 bridgehead atoms. The molecule has 0 saturated carbocycles. The van der Waals surface area contributed by atoms with Gasteiger partial charge in [0.05, 0.1) is 10.7 Å². The lowest BCUT2D eigenvalue weighted by Gasteiger charge is -2.05. The van der Waals surface area contributed by atoms with Crippen LogP contribution in [0.25, 0.3) is 6.08 Å². The minimum atomic E-state index is -0.508. The van der Waals surface area contributed by atoms with E-state index < -0.39 is 5.91 Å².